The highest BCUT2D eigenvalue weighted by Gasteiger charge is 2.74. The Morgan fingerprint density at radius 2 is 2.00 bits per heavy atom. The molecule has 0 bridgehead atoms. The zero-order valence-electron chi connectivity index (χ0n) is 16.0. The van der Waals surface area contributed by atoms with Crippen LogP contribution in [0.15, 0.2) is 0 Å². The Bertz CT molecular complexity index is 635. The van der Waals surface area contributed by atoms with Gasteiger partial charge in [-0.3, -0.25) is 14.5 Å². The summed E-state index contributed by atoms with van der Waals surface area (Å²) in [5.41, 5.74) is -1.95. The largest absolute Gasteiger partial charge is 0.463 e. The summed E-state index contributed by atoms with van der Waals surface area (Å²) in [6, 6.07) is -1.55. The maximum atomic E-state index is 13.4. The van der Waals surface area contributed by atoms with Gasteiger partial charge in [-0.05, 0) is 25.7 Å². The first-order chi connectivity index (χ1) is 12.1. The van der Waals surface area contributed by atoms with Gasteiger partial charge < -0.3 is 19.5 Å². The second kappa shape index (κ2) is 6.20. The number of esters is 1. The van der Waals surface area contributed by atoms with E-state index in [-0.39, 0.29) is 18.4 Å². The van der Waals surface area contributed by atoms with Crippen LogP contribution < -0.4 is 0 Å². The van der Waals surface area contributed by atoms with Crippen molar-refractivity contribution in [3.05, 3.63) is 0 Å². The molecule has 26 heavy (non-hydrogen) atoms. The van der Waals surface area contributed by atoms with E-state index in [4.69, 9.17) is 9.47 Å². The molecule has 0 aliphatic carbocycles. The normalized spacial score (nSPS) is 36.8. The zero-order valence-corrected chi connectivity index (χ0v) is 16.0. The van der Waals surface area contributed by atoms with Gasteiger partial charge in [-0.2, -0.15) is 0 Å². The van der Waals surface area contributed by atoms with Gasteiger partial charge in [0.05, 0.1) is 6.61 Å². The summed E-state index contributed by atoms with van der Waals surface area (Å²) in [5, 5.41) is 11.5. The number of hydrogen-bond donors (Lipinski definition) is 1. The molecule has 4 atom stereocenters. The molecule has 0 aromatic rings. The van der Waals surface area contributed by atoms with Crippen molar-refractivity contribution >= 4 is 17.8 Å². The van der Waals surface area contributed by atoms with E-state index in [0.717, 1.165) is 4.90 Å². The lowest BCUT2D eigenvalue weighted by Gasteiger charge is -2.49. The Morgan fingerprint density at radius 3 is 2.54 bits per heavy atom. The van der Waals surface area contributed by atoms with Gasteiger partial charge in [0, 0.05) is 12.5 Å². The number of carbonyl (C=O) groups excluding carboxylic acids is 3. The highest BCUT2D eigenvalue weighted by molar-refractivity contribution is 6.09. The van der Waals surface area contributed by atoms with Gasteiger partial charge in [-0.1, -0.05) is 27.7 Å². The quantitative estimate of drug-likeness (QED) is 0.573. The van der Waals surface area contributed by atoms with E-state index in [1.54, 1.807) is 25.7 Å². The number of amides is 2. The minimum atomic E-state index is -2.02. The Balaban J connectivity index is 2.16. The predicted molar refractivity (Wildman–Crippen MR) is 90.4 cm³/mol. The Hall–Kier alpha value is -1.67. The van der Waals surface area contributed by atoms with Crippen LogP contribution in [0.3, 0.4) is 0 Å². The van der Waals surface area contributed by atoms with Gasteiger partial charge in [-0.25, -0.2) is 4.79 Å². The molecule has 1 N–H and O–H groups in total. The molecular formula is C18H28N2O6. The third kappa shape index (κ3) is 2.24. The molecule has 146 valence electrons. The lowest BCUT2D eigenvalue weighted by molar-refractivity contribution is -0.319. The van der Waals surface area contributed by atoms with Crippen LogP contribution in [-0.2, 0) is 23.9 Å². The lowest BCUT2D eigenvalue weighted by Crippen LogP contribution is -2.72. The fourth-order valence-electron chi connectivity index (χ4n) is 4.46. The number of rotatable bonds is 4. The fraction of sp³-hybridized carbons (Fsp3) is 0.833. The molecule has 0 aromatic heterocycles. The predicted octanol–water partition coefficient (Wildman–Crippen LogP) is 0.478. The first-order valence-electron chi connectivity index (χ1n) is 9.36. The number of aliphatic hydroxyl groups is 1. The standard InChI is InChI=1S/C18H28N2O6/c1-6-25-16(23)17(11(4)5)15(22)20-13(10(2)3)14(21)19-9-7-8-12(19)18(20,24)26-17/h10-13,24H,6-9H2,1-5H3/t12-,13-,17-,18+/m1/s1. The number of hydrogen-bond acceptors (Lipinski definition) is 6. The van der Waals surface area contributed by atoms with E-state index < -0.39 is 41.4 Å². The van der Waals surface area contributed by atoms with Crippen molar-refractivity contribution in [3.63, 3.8) is 0 Å². The van der Waals surface area contributed by atoms with Crippen LogP contribution in [-0.4, -0.2) is 69.4 Å². The molecule has 8 heteroatoms. The fourth-order valence-corrected chi connectivity index (χ4v) is 4.46. The summed E-state index contributed by atoms with van der Waals surface area (Å²) in [6.07, 6.45) is 1.22. The molecule has 3 heterocycles. The van der Waals surface area contributed by atoms with Crippen molar-refractivity contribution in [2.24, 2.45) is 11.8 Å². The van der Waals surface area contributed by atoms with Crippen molar-refractivity contribution < 1.29 is 29.0 Å². The first kappa shape index (κ1) is 19.1. The van der Waals surface area contributed by atoms with Crippen LogP contribution in [0, 0.1) is 11.8 Å². The van der Waals surface area contributed by atoms with Crippen molar-refractivity contribution in [2.75, 3.05) is 13.2 Å². The molecule has 3 rings (SSSR count). The first-order valence-corrected chi connectivity index (χ1v) is 9.36. The highest BCUT2D eigenvalue weighted by Crippen LogP contribution is 2.49. The van der Waals surface area contributed by atoms with Crippen molar-refractivity contribution in [1.29, 1.82) is 0 Å². The van der Waals surface area contributed by atoms with E-state index in [2.05, 4.69) is 0 Å². The summed E-state index contributed by atoms with van der Waals surface area (Å²) in [4.78, 5) is 41.9. The molecule has 0 saturated carbocycles. The minimum Gasteiger partial charge on any atom is -0.463 e. The summed E-state index contributed by atoms with van der Waals surface area (Å²) in [5.74, 6) is -4.54. The van der Waals surface area contributed by atoms with Crippen LogP contribution in [0.2, 0.25) is 0 Å². The molecule has 0 radical (unpaired) electrons. The number of fused-ring (bicyclic) bond motifs is 3. The third-order valence-corrected chi connectivity index (χ3v) is 5.72. The van der Waals surface area contributed by atoms with E-state index >= 15 is 0 Å². The summed E-state index contributed by atoms with van der Waals surface area (Å²) >= 11 is 0. The summed E-state index contributed by atoms with van der Waals surface area (Å²) < 4.78 is 11.1. The van der Waals surface area contributed by atoms with Gasteiger partial charge >= 0.3 is 5.97 Å². The van der Waals surface area contributed by atoms with Gasteiger partial charge in [0.2, 0.25) is 11.5 Å². The second-order valence-corrected chi connectivity index (χ2v) is 7.93. The average Bonchev–Trinajstić information content (AvgIpc) is 3.13. The monoisotopic (exact) mass is 368 g/mol. The van der Waals surface area contributed by atoms with Gasteiger partial charge in [0.15, 0.2) is 0 Å². The molecule has 3 aliphatic rings. The Labute approximate surface area is 153 Å². The number of ether oxygens (including phenoxy) is 2. The van der Waals surface area contributed by atoms with Crippen molar-refractivity contribution in [3.8, 4) is 0 Å². The van der Waals surface area contributed by atoms with Crippen LogP contribution >= 0.6 is 0 Å². The van der Waals surface area contributed by atoms with Gasteiger partial charge in [-0.15, -0.1) is 0 Å². The maximum absolute atomic E-state index is 13.4. The molecule has 8 nitrogen and oxygen atoms in total. The van der Waals surface area contributed by atoms with Crippen LogP contribution in [0.25, 0.3) is 0 Å². The number of nitrogens with zero attached hydrogens (tertiary/aromatic N) is 2. The average molecular weight is 368 g/mol. The molecule has 0 aromatic carbocycles. The number of piperazine rings is 1. The lowest BCUT2D eigenvalue weighted by atomic mass is 9.88. The van der Waals surface area contributed by atoms with E-state index in [1.165, 1.54) is 0 Å². The molecule has 0 unspecified atom stereocenters. The molecular weight excluding hydrogens is 340 g/mol. The van der Waals surface area contributed by atoms with Crippen molar-refractivity contribution in [2.45, 2.75) is 71.1 Å². The zero-order chi connectivity index (χ0) is 19.4. The molecule has 3 saturated heterocycles. The highest BCUT2D eigenvalue weighted by atomic mass is 16.7. The van der Waals surface area contributed by atoms with Crippen LogP contribution in [0.4, 0.5) is 0 Å². The Kier molecular flexibility index (Phi) is 4.55. The summed E-state index contributed by atoms with van der Waals surface area (Å²) in [6.45, 7) is 9.22. The van der Waals surface area contributed by atoms with Crippen LogP contribution in [0.1, 0.15) is 47.5 Å². The van der Waals surface area contributed by atoms with Crippen molar-refractivity contribution in [1.82, 2.24) is 9.80 Å². The van der Waals surface area contributed by atoms with E-state index in [1.807, 2.05) is 13.8 Å². The SMILES string of the molecule is CCOC(=O)[C@]1(C(C)C)O[C@@]2(O)[C@H]3CCCN3C(=O)[C@@H](C(C)C)N2C1=O. The smallest absolute Gasteiger partial charge is 0.348 e. The molecule has 3 aliphatic heterocycles. The third-order valence-electron chi connectivity index (χ3n) is 5.72. The topological polar surface area (TPSA) is 96.4 Å². The molecule has 2 amide bonds. The molecule has 0 spiro atoms. The minimum absolute atomic E-state index is 0.0878. The molecule has 3 fully saturated rings. The maximum Gasteiger partial charge on any atom is 0.348 e. The van der Waals surface area contributed by atoms with E-state index in [9.17, 15) is 19.5 Å². The van der Waals surface area contributed by atoms with E-state index in [0.29, 0.717) is 19.4 Å². The summed E-state index contributed by atoms with van der Waals surface area (Å²) in [7, 11) is 0. The van der Waals surface area contributed by atoms with Gasteiger partial charge in [0.25, 0.3) is 11.8 Å². The number of carbonyl (C=O) groups is 3. The Morgan fingerprint density at radius 1 is 1.35 bits per heavy atom. The van der Waals surface area contributed by atoms with Gasteiger partial charge in [0.1, 0.15) is 12.1 Å². The van der Waals surface area contributed by atoms with Crippen LogP contribution in [0.5, 0.6) is 0 Å². The second-order valence-electron chi connectivity index (χ2n) is 7.93.